The second kappa shape index (κ2) is 17.0. The number of aliphatic hydroxyl groups excluding tert-OH is 1. The summed E-state index contributed by atoms with van der Waals surface area (Å²) in [6, 6.07) is 14.7. The fourth-order valence-electron chi connectivity index (χ4n) is 5.76. The summed E-state index contributed by atoms with van der Waals surface area (Å²) in [5.41, 5.74) is 3.68. The highest BCUT2D eigenvalue weighted by atomic mass is 16.3. The molecule has 5 heteroatoms. The number of hydrogen-bond donors (Lipinski definition) is 1. The maximum Gasteiger partial charge on any atom is 0.295 e. The predicted molar refractivity (Wildman–Crippen MR) is 171 cm³/mol. The van der Waals surface area contributed by atoms with Crippen LogP contribution in [-0.2, 0) is 9.59 Å². The summed E-state index contributed by atoms with van der Waals surface area (Å²) in [5.74, 6) is -1.22. The van der Waals surface area contributed by atoms with E-state index < -0.39 is 17.7 Å². The molecule has 224 valence electrons. The first kappa shape index (κ1) is 32.4. The van der Waals surface area contributed by atoms with Gasteiger partial charge in [-0.2, -0.15) is 0 Å². The molecule has 0 aromatic heterocycles. The summed E-state index contributed by atoms with van der Waals surface area (Å²) in [5, 5.41) is 11.3. The minimum Gasteiger partial charge on any atom is -0.507 e. The van der Waals surface area contributed by atoms with Crippen LogP contribution in [0.1, 0.15) is 120 Å². The summed E-state index contributed by atoms with van der Waals surface area (Å²) < 4.78 is 0. The molecule has 1 heterocycles. The minimum atomic E-state index is -0.602. The van der Waals surface area contributed by atoms with Gasteiger partial charge in [-0.1, -0.05) is 132 Å². The van der Waals surface area contributed by atoms with Gasteiger partial charge in [-0.25, -0.2) is 0 Å². The van der Waals surface area contributed by atoms with Crippen LogP contribution in [-0.4, -0.2) is 42.3 Å². The number of carbonyl (C=O) groups is 2. The number of anilines is 1. The van der Waals surface area contributed by atoms with Crippen molar-refractivity contribution in [3.05, 3.63) is 70.8 Å². The summed E-state index contributed by atoms with van der Waals surface area (Å²) >= 11 is 0. The van der Waals surface area contributed by atoms with Crippen LogP contribution in [0, 0.1) is 6.92 Å². The lowest BCUT2D eigenvalue weighted by Gasteiger charge is -2.26. The quantitative estimate of drug-likeness (QED) is 0.0855. The van der Waals surface area contributed by atoms with Crippen molar-refractivity contribution < 1.29 is 14.7 Å². The van der Waals surface area contributed by atoms with Gasteiger partial charge in [-0.3, -0.25) is 9.59 Å². The molecule has 2 aromatic rings. The SMILES string of the molecule is CCCCCCCCCCCCCCCCN1C(=O)C(=O)/C(=C(/O)c2ccc(C)cc2)[C@H]1c1ccc(N(C)C)cc1. The van der Waals surface area contributed by atoms with Crippen LogP contribution in [0.25, 0.3) is 5.76 Å². The molecule has 0 unspecified atom stereocenters. The second-order valence-electron chi connectivity index (χ2n) is 11.9. The van der Waals surface area contributed by atoms with Crippen molar-refractivity contribution in [3.8, 4) is 0 Å². The van der Waals surface area contributed by atoms with E-state index in [9.17, 15) is 14.7 Å². The molecule has 0 radical (unpaired) electrons. The molecule has 2 aromatic carbocycles. The number of carbonyl (C=O) groups excluding carboxylic acids is 2. The fourth-order valence-corrected chi connectivity index (χ4v) is 5.76. The number of rotatable bonds is 18. The van der Waals surface area contributed by atoms with E-state index in [1.807, 2.05) is 62.3 Å². The van der Waals surface area contributed by atoms with Crippen molar-refractivity contribution in [1.29, 1.82) is 0 Å². The van der Waals surface area contributed by atoms with E-state index in [1.165, 1.54) is 70.6 Å². The van der Waals surface area contributed by atoms with Gasteiger partial charge in [-0.05, 0) is 31.0 Å². The molecule has 1 saturated heterocycles. The van der Waals surface area contributed by atoms with E-state index in [0.717, 1.165) is 36.1 Å². The molecule has 1 N–H and O–H groups in total. The molecule has 1 amide bonds. The highest BCUT2D eigenvalue weighted by Crippen LogP contribution is 2.40. The average Bonchev–Trinajstić information content (AvgIpc) is 3.22. The molecule has 41 heavy (non-hydrogen) atoms. The Hall–Kier alpha value is -3.08. The standard InChI is InChI=1S/C36H52N2O3/c1-5-6-7-8-9-10-11-12-13-14-15-16-17-18-27-38-33(29-23-25-31(26-24-29)37(3)4)32(35(40)36(38)41)34(39)30-21-19-28(2)20-22-30/h19-26,33,39H,5-18,27H2,1-4H3/b34-32+/t33-/m1/s1. The lowest BCUT2D eigenvalue weighted by Crippen LogP contribution is -2.30. The number of aliphatic hydroxyl groups is 1. The van der Waals surface area contributed by atoms with E-state index in [4.69, 9.17) is 0 Å². The summed E-state index contributed by atoms with van der Waals surface area (Å²) in [6.45, 7) is 4.75. The Bertz CT molecular complexity index is 1120. The maximum absolute atomic E-state index is 13.3. The Morgan fingerprint density at radius 3 is 1.71 bits per heavy atom. The van der Waals surface area contributed by atoms with Crippen LogP contribution in [0.2, 0.25) is 0 Å². The number of ketones is 1. The van der Waals surface area contributed by atoms with Gasteiger partial charge in [0.05, 0.1) is 11.6 Å². The first-order valence-corrected chi connectivity index (χ1v) is 16.0. The highest BCUT2D eigenvalue weighted by Gasteiger charge is 2.45. The van der Waals surface area contributed by atoms with Crippen LogP contribution >= 0.6 is 0 Å². The van der Waals surface area contributed by atoms with Gasteiger partial charge < -0.3 is 14.9 Å². The second-order valence-corrected chi connectivity index (χ2v) is 11.9. The molecule has 0 bridgehead atoms. The van der Waals surface area contributed by atoms with Crippen LogP contribution in [0.5, 0.6) is 0 Å². The average molecular weight is 561 g/mol. The summed E-state index contributed by atoms with van der Waals surface area (Å²) in [6.07, 6.45) is 17.8. The lowest BCUT2D eigenvalue weighted by molar-refractivity contribution is -0.139. The van der Waals surface area contributed by atoms with Crippen LogP contribution < -0.4 is 4.90 Å². The normalized spacial score (nSPS) is 16.5. The van der Waals surface area contributed by atoms with Crippen molar-refractivity contribution in [2.45, 2.75) is 110 Å². The van der Waals surface area contributed by atoms with Gasteiger partial charge in [0.2, 0.25) is 0 Å². The molecule has 0 saturated carbocycles. The number of aryl methyl sites for hydroxylation is 1. The smallest absolute Gasteiger partial charge is 0.295 e. The number of unbranched alkanes of at least 4 members (excludes halogenated alkanes) is 13. The lowest BCUT2D eigenvalue weighted by atomic mass is 9.94. The Morgan fingerprint density at radius 2 is 1.22 bits per heavy atom. The molecule has 1 fully saturated rings. The Morgan fingerprint density at radius 1 is 0.732 bits per heavy atom. The van der Waals surface area contributed by atoms with Crippen molar-refractivity contribution in [2.24, 2.45) is 0 Å². The van der Waals surface area contributed by atoms with Gasteiger partial charge in [0.15, 0.2) is 0 Å². The predicted octanol–water partition coefficient (Wildman–Crippen LogP) is 8.96. The molecule has 5 nitrogen and oxygen atoms in total. The Labute approximate surface area is 248 Å². The molecular weight excluding hydrogens is 508 g/mol. The number of nitrogens with zero attached hydrogens (tertiary/aromatic N) is 2. The van der Waals surface area contributed by atoms with E-state index >= 15 is 0 Å². The number of Topliss-reactive ketones (excluding diaryl/α,β-unsaturated/α-hetero) is 1. The largest absolute Gasteiger partial charge is 0.507 e. The number of likely N-dealkylation sites (tertiary alicyclic amines) is 1. The summed E-state index contributed by atoms with van der Waals surface area (Å²) in [7, 11) is 3.96. The highest BCUT2D eigenvalue weighted by molar-refractivity contribution is 6.46. The third kappa shape index (κ3) is 9.48. The monoisotopic (exact) mass is 560 g/mol. The number of hydrogen-bond acceptors (Lipinski definition) is 4. The van der Waals surface area contributed by atoms with Crippen molar-refractivity contribution in [2.75, 3.05) is 25.5 Å². The third-order valence-electron chi connectivity index (χ3n) is 8.34. The zero-order valence-corrected chi connectivity index (χ0v) is 26.0. The maximum atomic E-state index is 13.3. The van der Waals surface area contributed by atoms with Crippen molar-refractivity contribution in [1.82, 2.24) is 4.90 Å². The van der Waals surface area contributed by atoms with E-state index in [1.54, 1.807) is 17.0 Å². The van der Waals surface area contributed by atoms with Crippen LogP contribution in [0.3, 0.4) is 0 Å². The zero-order valence-electron chi connectivity index (χ0n) is 26.0. The van der Waals surface area contributed by atoms with Crippen LogP contribution in [0.4, 0.5) is 5.69 Å². The number of amides is 1. The first-order chi connectivity index (χ1) is 19.8. The van der Waals surface area contributed by atoms with Gasteiger partial charge in [0.1, 0.15) is 5.76 Å². The number of benzene rings is 2. The topological polar surface area (TPSA) is 60.9 Å². The minimum absolute atomic E-state index is 0.103. The van der Waals surface area contributed by atoms with Gasteiger partial charge in [-0.15, -0.1) is 0 Å². The van der Waals surface area contributed by atoms with E-state index in [-0.39, 0.29) is 11.3 Å². The molecule has 1 aliphatic heterocycles. The fraction of sp³-hybridized carbons (Fsp3) is 0.556. The zero-order chi connectivity index (χ0) is 29.6. The van der Waals surface area contributed by atoms with Gasteiger partial charge in [0.25, 0.3) is 11.7 Å². The molecule has 0 aliphatic carbocycles. The van der Waals surface area contributed by atoms with E-state index in [2.05, 4.69) is 6.92 Å². The molecule has 3 rings (SSSR count). The molecular formula is C36H52N2O3. The van der Waals surface area contributed by atoms with Crippen molar-refractivity contribution in [3.63, 3.8) is 0 Å². The summed E-state index contributed by atoms with van der Waals surface area (Å²) in [4.78, 5) is 30.2. The van der Waals surface area contributed by atoms with E-state index in [0.29, 0.717) is 12.1 Å². The van der Waals surface area contributed by atoms with Gasteiger partial charge >= 0.3 is 0 Å². The Balaban J connectivity index is 1.57. The Kier molecular flexibility index (Phi) is 13.5. The van der Waals surface area contributed by atoms with Gasteiger partial charge in [0, 0.05) is 31.9 Å². The first-order valence-electron chi connectivity index (χ1n) is 16.0. The third-order valence-corrected chi connectivity index (χ3v) is 8.34. The van der Waals surface area contributed by atoms with Crippen LogP contribution in [0.15, 0.2) is 54.1 Å². The molecule has 1 aliphatic rings. The van der Waals surface area contributed by atoms with Crippen molar-refractivity contribution >= 4 is 23.1 Å². The molecule has 0 spiro atoms. The molecule has 1 atom stereocenters.